The summed E-state index contributed by atoms with van der Waals surface area (Å²) in [5.74, 6) is -0.370. The van der Waals surface area contributed by atoms with Gasteiger partial charge in [-0.15, -0.1) is 4.40 Å². The summed E-state index contributed by atoms with van der Waals surface area (Å²) in [5.41, 5.74) is 2.67. The van der Waals surface area contributed by atoms with Crippen LogP contribution >= 0.6 is 11.3 Å². The van der Waals surface area contributed by atoms with Gasteiger partial charge in [0.1, 0.15) is 0 Å². The molecular formula is C26H19N2O2S+. The number of carbonyl (C=O) groups is 2. The van der Waals surface area contributed by atoms with Crippen LogP contribution in [-0.2, 0) is 0 Å². The predicted molar refractivity (Wildman–Crippen MR) is 124 cm³/mol. The minimum Gasteiger partial charge on any atom is -0.308 e. The molecule has 0 aliphatic carbocycles. The summed E-state index contributed by atoms with van der Waals surface area (Å²) in [4.78, 5) is 27.3. The van der Waals surface area contributed by atoms with Crippen molar-refractivity contribution in [1.82, 2.24) is 0 Å². The predicted octanol–water partition coefficient (Wildman–Crippen LogP) is 5.43. The van der Waals surface area contributed by atoms with E-state index in [-0.39, 0.29) is 11.7 Å². The van der Waals surface area contributed by atoms with Crippen LogP contribution in [0.25, 0.3) is 15.6 Å². The highest BCUT2D eigenvalue weighted by atomic mass is 32.1. The number of anilines is 1. The van der Waals surface area contributed by atoms with Crippen molar-refractivity contribution in [3.63, 3.8) is 0 Å². The average molecular weight is 424 g/mol. The number of nitrogens with zero attached hydrogens (tertiary/aromatic N) is 1. The molecule has 0 aliphatic rings. The molecule has 0 radical (unpaired) electrons. The van der Waals surface area contributed by atoms with Crippen molar-refractivity contribution in [3.05, 3.63) is 114 Å². The summed E-state index contributed by atoms with van der Waals surface area (Å²) >= 11 is 1.41. The average Bonchev–Trinajstić information content (AvgIpc) is 3.18. The van der Waals surface area contributed by atoms with Crippen molar-refractivity contribution < 1.29 is 14.0 Å². The first-order valence-corrected chi connectivity index (χ1v) is 10.8. The van der Waals surface area contributed by atoms with Gasteiger partial charge in [-0.25, -0.2) is 0 Å². The molecule has 4 nitrogen and oxygen atoms in total. The van der Waals surface area contributed by atoms with Crippen molar-refractivity contribution in [2.45, 2.75) is 6.92 Å². The fourth-order valence-electron chi connectivity index (χ4n) is 3.63. The Labute approximate surface area is 183 Å². The van der Waals surface area contributed by atoms with E-state index in [4.69, 9.17) is 0 Å². The van der Waals surface area contributed by atoms with Crippen molar-refractivity contribution in [2.75, 3.05) is 5.32 Å². The molecule has 0 atom stereocenters. The minimum absolute atomic E-state index is 0.130. The molecule has 0 saturated heterocycles. The Morgan fingerprint density at radius 2 is 1.52 bits per heavy atom. The largest absolute Gasteiger partial charge is 0.308 e. The number of fused-ring (bicyclic) bond motifs is 3. The molecule has 3 aromatic carbocycles. The Morgan fingerprint density at radius 3 is 2.29 bits per heavy atom. The van der Waals surface area contributed by atoms with Crippen LogP contribution in [0.5, 0.6) is 0 Å². The van der Waals surface area contributed by atoms with Gasteiger partial charge in [-0.1, -0.05) is 66.2 Å². The number of aromatic nitrogens is 1. The Hall–Kier alpha value is -3.83. The third kappa shape index (κ3) is 3.49. The van der Waals surface area contributed by atoms with Crippen LogP contribution in [0.1, 0.15) is 32.0 Å². The van der Waals surface area contributed by atoms with Gasteiger partial charge in [-0.3, -0.25) is 9.59 Å². The van der Waals surface area contributed by atoms with E-state index >= 15 is 0 Å². The zero-order chi connectivity index (χ0) is 21.4. The highest BCUT2D eigenvalue weighted by molar-refractivity contribution is 7.22. The molecule has 0 unspecified atom stereocenters. The zero-order valence-corrected chi connectivity index (χ0v) is 17.6. The Balaban J connectivity index is 1.69. The Morgan fingerprint density at radius 1 is 0.806 bits per heavy atom. The van der Waals surface area contributed by atoms with E-state index in [1.807, 2.05) is 90.3 Å². The van der Waals surface area contributed by atoms with E-state index < -0.39 is 0 Å². The lowest BCUT2D eigenvalue weighted by molar-refractivity contribution is -0.508. The van der Waals surface area contributed by atoms with Gasteiger partial charge in [0, 0.05) is 17.2 Å². The summed E-state index contributed by atoms with van der Waals surface area (Å²) < 4.78 is 1.88. The minimum atomic E-state index is -0.241. The van der Waals surface area contributed by atoms with E-state index in [1.165, 1.54) is 11.3 Å². The lowest BCUT2D eigenvalue weighted by atomic mass is 10.1. The molecule has 1 amide bonds. The van der Waals surface area contributed by atoms with E-state index in [1.54, 1.807) is 12.1 Å². The first-order valence-electron chi connectivity index (χ1n) is 9.95. The van der Waals surface area contributed by atoms with Crippen LogP contribution in [0.3, 0.4) is 0 Å². The number of carbonyl (C=O) groups excluding carboxylic acids is 2. The van der Waals surface area contributed by atoms with Crippen molar-refractivity contribution in [3.8, 4) is 0 Å². The molecule has 1 N–H and O–H groups in total. The van der Waals surface area contributed by atoms with Gasteiger partial charge in [0.25, 0.3) is 22.2 Å². The van der Waals surface area contributed by atoms with E-state index in [0.717, 1.165) is 21.2 Å². The van der Waals surface area contributed by atoms with Crippen molar-refractivity contribution in [2.24, 2.45) is 0 Å². The molecule has 5 heteroatoms. The lowest BCUT2D eigenvalue weighted by Gasteiger charge is -2.03. The smallest absolute Gasteiger partial charge is 0.294 e. The van der Waals surface area contributed by atoms with E-state index in [9.17, 15) is 9.59 Å². The number of amides is 1. The zero-order valence-electron chi connectivity index (χ0n) is 16.8. The molecule has 150 valence electrons. The number of rotatable bonds is 4. The summed E-state index contributed by atoms with van der Waals surface area (Å²) in [6.07, 6.45) is 1.90. The molecule has 0 spiro atoms. The second kappa shape index (κ2) is 7.78. The summed E-state index contributed by atoms with van der Waals surface area (Å²) in [6.45, 7) is 1.99. The number of pyridine rings is 1. The molecule has 2 heterocycles. The Kier molecular flexibility index (Phi) is 4.81. The first kappa shape index (κ1) is 19.2. The SMILES string of the molecule is Cc1ccc(C(=O)c2c(NC(=O)c3ccccc3)sc3c4ccccc4cc[n+]23)cc1. The van der Waals surface area contributed by atoms with Crippen LogP contribution in [0.2, 0.25) is 0 Å². The topological polar surface area (TPSA) is 50.3 Å². The number of aryl methyl sites for hydroxylation is 1. The number of hydrogen-bond donors (Lipinski definition) is 1. The van der Waals surface area contributed by atoms with Crippen LogP contribution in [0, 0.1) is 6.92 Å². The molecule has 0 saturated carbocycles. The quantitative estimate of drug-likeness (QED) is 0.309. The van der Waals surface area contributed by atoms with Crippen LogP contribution in [0.4, 0.5) is 5.00 Å². The maximum atomic E-state index is 13.5. The maximum Gasteiger partial charge on any atom is 0.294 e. The summed E-state index contributed by atoms with van der Waals surface area (Å²) in [6, 6.07) is 26.5. The fourth-order valence-corrected chi connectivity index (χ4v) is 4.80. The number of benzene rings is 3. The van der Waals surface area contributed by atoms with Gasteiger partial charge in [0.05, 0.1) is 5.39 Å². The standard InChI is InChI=1S/C26H18N2O2S/c1-17-11-13-19(14-12-17)23(29)22-25(27-24(30)20-8-3-2-4-9-20)31-26-21-10-6-5-7-18(21)15-16-28(22)26/h2-16H,1H3/p+1. The molecule has 0 aliphatic heterocycles. The number of nitrogens with one attached hydrogen (secondary N) is 1. The monoisotopic (exact) mass is 423 g/mol. The van der Waals surface area contributed by atoms with Gasteiger partial charge in [0.2, 0.25) is 0 Å². The van der Waals surface area contributed by atoms with Gasteiger partial charge in [-0.05, 0) is 41.8 Å². The second-order valence-corrected chi connectivity index (χ2v) is 8.37. The number of hydrogen-bond acceptors (Lipinski definition) is 3. The number of ketones is 1. The van der Waals surface area contributed by atoms with Crippen molar-refractivity contribution in [1.29, 1.82) is 0 Å². The molecule has 2 aromatic heterocycles. The van der Waals surface area contributed by atoms with Crippen LogP contribution < -0.4 is 9.72 Å². The Bertz CT molecular complexity index is 1440. The number of thiazole rings is 1. The summed E-state index contributed by atoms with van der Waals surface area (Å²) in [5, 5.41) is 5.64. The van der Waals surface area contributed by atoms with Gasteiger partial charge in [-0.2, -0.15) is 0 Å². The third-order valence-electron chi connectivity index (χ3n) is 5.26. The molecule has 31 heavy (non-hydrogen) atoms. The van der Waals surface area contributed by atoms with Crippen LogP contribution in [0.15, 0.2) is 91.1 Å². The van der Waals surface area contributed by atoms with Crippen molar-refractivity contribution >= 4 is 43.6 Å². The normalized spacial score (nSPS) is 11.0. The highest BCUT2D eigenvalue weighted by Gasteiger charge is 2.31. The molecule has 0 fully saturated rings. The first-order chi connectivity index (χ1) is 15.1. The third-order valence-corrected chi connectivity index (χ3v) is 6.37. The maximum absolute atomic E-state index is 13.5. The van der Waals surface area contributed by atoms with Crippen LogP contribution in [-0.4, -0.2) is 11.7 Å². The molecular weight excluding hydrogens is 404 g/mol. The fraction of sp³-hybridized carbons (Fsp3) is 0.0385. The summed E-state index contributed by atoms with van der Waals surface area (Å²) in [7, 11) is 0. The van der Waals surface area contributed by atoms with Gasteiger partial charge in [0.15, 0.2) is 11.2 Å². The van der Waals surface area contributed by atoms with E-state index in [0.29, 0.717) is 21.8 Å². The molecule has 5 rings (SSSR count). The lowest BCUT2D eigenvalue weighted by Crippen LogP contribution is -2.29. The molecule has 5 aromatic rings. The second-order valence-electron chi connectivity index (χ2n) is 7.37. The molecule has 0 bridgehead atoms. The van der Waals surface area contributed by atoms with Gasteiger partial charge >= 0.3 is 0 Å². The van der Waals surface area contributed by atoms with Gasteiger partial charge < -0.3 is 5.32 Å². The highest BCUT2D eigenvalue weighted by Crippen LogP contribution is 2.31. The van der Waals surface area contributed by atoms with E-state index in [2.05, 4.69) is 5.32 Å².